The normalized spacial score (nSPS) is 25.3. The molecule has 162 valence electrons. The topological polar surface area (TPSA) is 59.3 Å². The maximum atomic E-state index is 11.9. The van der Waals surface area contributed by atoms with E-state index in [-0.39, 0.29) is 22.0 Å². The standard InChI is InChI=1S/C26H29NO3S/c1-25(2)10-11-26(3,4)20-12-15(8-9-19(20)25)17-6-5-7-21-18(17)13-16(30-21)14-22-23(28)27-24(29)31-22/h8-9,12-14,17H,5-7,10-11H2,1-4H3,(H,27,28,29)/b22-14-. The summed E-state index contributed by atoms with van der Waals surface area (Å²) in [7, 11) is 0. The Balaban J connectivity index is 1.53. The van der Waals surface area contributed by atoms with E-state index in [0.29, 0.717) is 16.6 Å². The fourth-order valence-electron chi connectivity index (χ4n) is 5.37. The molecule has 2 aliphatic carbocycles. The molecule has 1 aliphatic heterocycles. The van der Waals surface area contributed by atoms with Crippen LogP contribution in [0.25, 0.3) is 6.08 Å². The molecule has 3 aliphatic rings. The van der Waals surface area contributed by atoms with Gasteiger partial charge in [0.2, 0.25) is 0 Å². The minimum absolute atomic E-state index is 0.184. The Labute approximate surface area is 187 Å². The molecular formula is C26H29NO3S. The first-order valence-electron chi connectivity index (χ1n) is 11.2. The molecule has 4 nitrogen and oxygen atoms in total. The number of fused-ring (bicyclic) bond motifs is 2. The van der Waals surface area contributed by atoms with Crippen LogP contribution in [0.4, 0.5) is 4.79 Å². The van der Waals surface area contributed by atoms with E-state index in [4.69, 9.17) is 4.42 Å². The molecule has 2 heterocycles. The number of thioether (sulfide) groups is 1. The molecule has 31 heavy (non-hydrogen) atoms. The first-order chi connectivity index (χ1) is 14.6. The quantitative estimate of drug-likeness (QED) is 0.553. The molecule has 0 saturated carbocycles. The van der Waals surface area contributed by atoms with Gasteiger partial charge < -0.3 is 4.42 Å². The van der Waals surface area contributed by atoms with Gasteiger partial charge in [-0.2, -0.15) is 0 Å². The van der Waals surface area contributed by atoms with E-state index in [0.717, 1.165) is 36.8 Å². The van der Waals surface area contributed by atoms with Crippen molar-refractivity contribution in [1.29, 1.82) is 0 Å². The zero-order chi connectivity index (χ0) is 22.0. The first-order valence-corrected chi connectivity index (χ1v) is 12.0. The van der Waals surface area contributed by atoms with Crippen molar-refractivity contribution in [3.63, 3.8) is 0 Å². The monoisotopic (exact) mass is 435 g/mol. The van der Waals surface area contributed by atoms with Crippen molar-refractivity contribution in [2.45, 2.75) is 76.5 Å². The lowest BCUT2D eigenvalue weighted by Gasteiger charge is -2.42. The van der Waals surface area contributed by atoms with Gasteiger partial charge >= 0.3 is 0 Å². The second kappa shape index (κ2) is 7.13. The summed E-state index contributed by atoms with van der Waals surface area (Å²) in [6.45, 7) is 9.45. The summed E-state index contributed by atoms with van der Waals surface area (Å²) in [4.78, 5) is 23.8. The number of carbonyl (C=O) groups is 2. The van der Waals surface area contributed by atoms with Gasteiger partial charge in [-0.25, -0.2) is 0 Å². The number of carbonyl (C=O) groups excluding carboxylic acids is 2. The van der Waals surface area contributed by atoms with E-state index in [9.17, 15) is 9.59 Å². The molecule has 2 amide bonds. The molecule has 1 atom stereocenters. The minimum atomic E-state index is -0.347. The van der Waals surface area contributed by atoms with Crippen molar-refractivity contribution >= 4 is 29.0 Å². The fourth-order valence-corrected chi connectivity index (χ4v) is 6.03. The van der Waals surface area contributed by atoms with Crippen LogP contribution in [0, 0.1) is 0 Å². The van der Waals surface area contributed by atoms with Gasteiger partial charge in [-0.3, -0.25) is 14.9 Å². The molecule has 1 fully saturated rings. The van der Waals surface area contributed by atoms with Crippen molar-refractivity contribution < 1.29 is 14.0 Å². The summed E-state index contributed by atoms with van der Waals surface area (Å²) in [6.07, 6.45) is 7.21. The van der Waals surface area contributed by atoms with Crippen LogP contribution in [-0.4, -0.2) is 11.1 Å². The molecule has 0 radical (unpaired) electrons. The zero-order valence-corrected chi connectivity index (χ0v) is 19.4. The van der Waals surface area contributed by atoms with E-state index >= 15 is 0 Å². The molecule has 1 saturated heterocycles. The maximum absolute atomic E-state index is 11.9. The van der Waals surface area contributed by atoms with Gasteiger partial charge in [-0.05, 0) is 71.0 Å². The minimum Gasteiger partial charge on any atom is -0.461 e. The molecule has 1 unspecified atom stereocenters. The van der Waals surface area contributed by atoms with Gasteiger partial charge in [0, 0.05) is 24.0 Å². The predicted octanol–water partition coefficient (Wildman–Crippen LogP) is 6.42. The first kappa shape index (κ1) is 20.6. The van der Waals surface area contributed by atoms with E-state index in [1.807, 2.05) is 0 Å². The van der Waals surface area contributed by atoms with E-state index in [1.165, 1.54) is 35.1 Å². The van der Waals surface area contributed by atoms with Gasteiger partial charge in [0.25, 0.3) is 11.1 Å². The SMILES string of the molecule is CC1(C)CCC(C)(C)c2cc(C3CCCc4oc(/C=C5\SC(=O)NC5=O)cc43)ccc21. The van der Waals surface area contributed by atoms with Crippen LogP contribution in [0.3, 0.4) is 0 Å². The number of rotatable bonds is 2. The zero-order valence-electron chi connectivity index (χ0n) is 18.6. The number of hydrogen-bond acceptors (Lipinski definition) is 4. The van der Waals surface area contributed by atoms with Gasteiger partial charge in [0.1, 0.15) is 11.5 Å². The van der Waals surface area contributed by atoms with E-state index in [2.05, 4.69) is 57.3 Å². The summed E-state index contributed by atoms with van der Waals surface area (Å²) in [5.74, 6) is 1.62. The maximum Gasteiger partial charge on any atom is 0.290 e. The molecular weight excluding hydrogens is 406 g/mol. The summed E-state index contributed by atoms with van der Waals surface area (Å²) in [5, 5.41) is 1.97. The summed E-state index contributed by atoms with van der Waals surface area (Å²) in [6, 6.07) is 9.18. The van der Waals surface area contributed by atoms with Crippen molar-refractivity contribution in [2.75, 3.05) is 0 Å². The summed E-state index contributed by atoms with van der Waals surface area (Å²) < 4.78 is 6.11. The van der Waals surface area contributed by atoms with Crippen LogP contribution in [0.2, 0.25) is 0 Å². The Kier molecular flexibility index (Phi) is 4.74. The van der Waals surface area contributed by atoms with Crippen LogP contribution in [0.5, 0.6) is 0 Å². The Morgan fingerprint density at radius 1 is 1.06 bits per heavy atom. The van der Waals surface area contributed by atoms with Gasteiger partial charge in [-0.1, -0.05) is 45.9 Å². The number of furan rings is 1. The summed E-state index contributed by atoms with van der Waals surface area (Å²) >= 11 is 0.928. The second-order valence-corrected chi connectivity index (χ2v) is 11.4. The number of nitrogens with one attached hydrogen (secondary N) is 1. The highest BCUT2D eigenvalue weighted by molar-refractivity contribution is 8.18. The molecule has 2 aromatic rings. The van der Waals surface area contributed by atoms with Gasteiger partial charge in [-0.15, -0.1) is 0 Å². The Morgan fingerprint density at radius 2 is 1.81 bits per heavy atom. The average molecular weight is 436 g/mol. The van der Waals surface area contributed by atoms with E-state index in [1.54, 1.807) is 6.08 Å². The second-order valence-electron chi connectivity index (χ2n) is 10.4. The highest BCUT2D eigenvalue weighted by Gasteiger charge is 2.38. The third-order valence-electron chi connectivity index (χ3n) is 7.33. The smallest absolute Gasteiger partial charge is 0.290 e. The largest absolute Gasteiger partial charge is 0.461 e. The lowest BCUT2D eigenvalue weighted by molar-refractivity contribution is -0.115. The van der Waals surface area contributed by atoms with Crippen molar-refractivity contribution in [1.82, 2.24) is 5.32 Å². The highest BCUT2D eigenvalue weighted by Crippen LogP contribution is 2.48. The Bertz CT molecular complexity index is 1120. The van der Waals surface area contributed by atoms with Gasteiger partial charge in [0.05, 0.1) is 4.91 Å². The Hall–Kier alpha value is -2.27. The molecule has 5 rings (SSSR count). The van der Waals surface area contributed by atoms with Crippen molar-refractivity contribution in [3.8, 4) is 0 Å². The molecule has 1 N–H and O–H groups in total. The lowest BCUT2D eigenvalue weighted by Crippen LogP contribution is -2.34. The molecule has 1 aromatic carbocycles. The number of imide groups is 1. The molecule has 0 spiro atoms. The molecule has 1 aromatic heterocycles. The van der Waals surface area contributed by atoms with Crippen LogP contribution in [0.1, 0.15) is 93.1 Å². The number of aryl methyl sites for hydroxylation is 1. The fraction of sp³-hybridized carbons (Fsp3) is 0.462. The number of benzene rings is 1. The number of amides is 2. The number of hydrogen-bond donors (Lipinski definition) is 1. The summed E-state index contributed by atoms with van der Waals surface area (Å²) in [5.41, 5.74) is 5.94. The van der Waals surface area contributed by atoms with Gasteiger partial charge in [0.15, 0.2) is 0 Å². The highest BCUT2D eigenvalue weighted by atomic mass is 32.2. The average Bonchev–Trinajstić information content (AvgIpc) is 3.27. The van der Waals surface area contributed by atoms with Crippen LogP contribution >= 0.6 is 11.8 Å². The van der Waals surface area contributed by atoms with Crippen LogP contribution in [0.15, 0.2) is 33.6 Å². The van der Waals surface area contributed by atoms with Crippen LogP contribution in [-0.2, 0) is 22.0 Å². The third kappa shape index (κ3) is 3.57. The van der Waals surface area contributed by atoms with Crippen molar-refractivity contribution in [2.24, 2.45) is 0 Å². The van der Waals surface area contributed by atoms with Crippen LogP contribution < -0.4 is 5.32 Å². The van der Waals surface area contributed by atoms with Crippen molar-refractivity contribution in [3.05, 3.63) is 62.9 Å². The Morgan fingerprint density at radius 3 is 2.52 bits per heavy atom. The lowest BCUT2D eigenvalue weighted by atomic mass is 9.62. The molecule has 5 heteroatoms. The third-order valence-corrected chi connectivity index (χ3v) is 8.14. The van der Waals surface area contributed by atoms with E-state index < -0.39 is 0 Å². The predicted molar refractivity (Wildman–Crippen MR) is 124 cm³/mol. The molecule has 0 bridgehead atoms.